The van der Waals surface area contributed by atoms with Crippen LogP contribution in [0.4, 0.5) is 0 Å². The first-order valence-corrected chi connectivity index (χ1v) is 11.5. The molecule has 1 heterocycles. The van der Waals surface area contributed by atoms with Gasteiger partial charge in [-0.3, -0.25) is 9.59 Å². The first-order valence-electron chi connectivity index (χ1n) is 11.5. The van der Waals surface area contributed by atoms with Crippen LogP contribution in [0.1, 0.15) is 41.8 Å². The minimum Gasteiger partial charge on any atom is -0.493 e. The third-order valence-corrected chi connectivity index (χ3v) is 5.86. The summed E-state index contributed by atoms with van der Waals surface area (Å²) >= 11 is 0. The van der Waals surface area contributed by atoms with Crippen molar-refractivity contribution < 1.29 is 19.1 Å². The van der Waals surface area contributed by atoms with Crippen molar-refractivity contribution in [2.75, 3.05) is 32.8 Å². The summed E-state index contributed by atoms with van der Waals surface area (Å²) in [7, 11) is 0. The van der Waals surface area contributed by atoms with Gasteiger partial charge in [0.1, 0.15) is 11.9 Å². The van der Waals surface area contributed by atoms with Crippen molar-refractivity contribution in [2.45, 2.75) is 25.9 Å². The largest absolute Gasteiger partial charge is 0.493 e. The molecule has 1 aliphatic rings. The summed E-state index contributed by atoms with van der Waals surface area (Å²) in [5.74, 6) is 0.483. The molecule has 1 aliphatic heterocycles. The van der Waals surface area contributed by atoms with E-state index in [2.05, 4.69) is 5.32 Å². The first-order chi connectivity index (χ1) is 16.2. The quantitative estimate of drug-likeness (QED) is 0.523. The molecule has 1 saturated heterocycles. The number of hydrogen-bond acceptors (Lipinski definition) is 4. The molecule has 1 unspecified atom stereocenters. The molecule has 2 amide bonds. The Bertz CT molecular complexity index is 1100. The van der Waals surface area contributed by atoms with Crippen LogP contribution in [0.5, 0.6) is 5.75 Å². The number of carbonyl (C=O) groups excluding carboxylic acids is 2. The minimum absolute atomic E-state index is 0.0908. The van der Waals surface area contributed by atoms with E-state index in [-0.39, 0.29) is 17.9 Å². The Morgan fingerprint density at radius 1 is 1.06 bits per heavy atom. The Hall–Kier alpha value is -3.38. The molecule has 1 fully saturated rings. The molecule has 6 nitrogen and oxygen atoms in total. The van der Waals surface area contributed by atoms with Gasteiger partial charge in [0.25, 0.3) is 5.91 Å². The maximum Gasteiger partial charge on any atom is 0.255 e. The highest BCUT2D eigenvalue weighted by Crippen LogP contribution is 2.28. The number of rotatable bonds is 8. The highest BCUT2D eigenvalue weighted by molar-refractivity contribution is 6.09. The van der Waals surface area contributed by atoms with E-state index in [9.17, 15) is 9.59 Å². The van der Waals surface area contributed by atoms with Crippen LogP contribution in [0.25, 0.3) is 10.8 Å². The Labute approximate surface area is 194 Å². The molecule has 172 valence electrons. The monoisotopic (exact) mass is 446 g/mol. The summed E-state index contributed by atoms with van der Waals surface area (Å²) in [6.45, 7) is 4.49. The van der Waals surface area contributed by atoms with Gasteiger partial charge in [0, 0.05) is 19.5 Å². The van der Waals surface area contributed by atoms with Crippen LogP contribution in [0.15, 0.2) is 66.7 Å². The molecule has 0 saturated carbocycles. The van der Waals surface area contributed by atoms with Crippen molar-refractivity contribution in [3.63, 3.8) is 0 Å². The van der Waals surface area contributed by atoms with Crippen molar-refractivity contribution in [1.82, 2.24) is 10.2 Å². The lowest BCUT2D eigenvalue weighted by molar-refractivity contribution is -0.139. The zero-order valence-corrected chi connectivity index (χ0v) is 19.0. The van der Waals surface area contributed by atoms with E-state index >= 15 is 0 Å². The molecule has 0 radical (unpaired) electrons. The third kappa shape index (κ3) is 5.52. The third-order valence-electron chi connectivity index (χ3n) is 5.86. The lowest BCUT2D eigenvalue weighted by Crippen LogP contribution is -2.42. The summed E-state index contributed by atoms with van der Waals surface area (Å²) in [5.41, 5.74) is 1.63. The van der Waals surface area contributed by atoms with Crippen LogP contribution in [-0.2, 0) is 9.53 Å². The molecule has 3 aromatic rings. The molecular formula is C27H30N2O4. The van der Waals surface area contributed by atoms with Gasteiger partial charge >= 0.3 is 0 Å². The summed E-state index contributed by atoms with van der Waals surface area (Å²) in [4.78, 5) is 27.6. The van der Waals surface area contributed by atoms with Crippen LogP contribution in [0, 0.1) is 0 Å². The van der Waals surface area contributed by atoms with E-state index in [0.29, 0.717) is 57.0 Å². The number of morpholine rings is 1. The van der Waals surface area contributed by atoms with Crippen molar-refractivity contribution in [3.8, 4) is 5.75 Å². The van der Waals surface area contributed by atoms with E-state index in [4.69, 9.17) is 9.47 Å². The molecule has 3 aromatic carbocycles. The molecule has 4 rings (SSSR count). The fourth-order valence-electron chi connectivity index (χ4n) is 4.19. The normalized spacial score (nSPS) is 15.9. The van der Waals surface area contributed by atoms with Crippen molar-refractivity contribution in [2.24, 2.45) is 0 Å². The summed E-state index contributed by atoms with van der Waals surface area (Å²) in [6, 6.07) is 21.6. The maximum atomic E-state index is 13.0. The van der Waals surface area contributed by atoms with Gasteiger partial charge in [-0.25, -0.2) is 0 Å². The summed E-state index contributed by atoms with van der Waals surface area (Å²) in [6.07, 6.45) is 0.870. The van der Waals surface area contributed by atoms with E-state index in [1.54, 1.807) is 0 Å². The SMILES string of the molecule is CCOc1ccc2ccccc2c1C(=O)NCCCC(=O)N1CCOC(c2ccccc2)C1. The van der Waals surface area contributed by atoms with Gasteiger partial charge in [0.05, 0.1) is 25.3 Å². The van der Waals surface area contributed by atoms with Gasteiger partial charge in [0.2, 0.25) is 5.91 Å². The molecule has 0 aromatic heterocycles. The van der Waals surface area contributed by atoms with Crippen LogP contribution in [0.2, 0.25) is 0 Å². The topological polar surface area (TPSA) is 67.9 Å². The lowest BCUT2D eigenvalue weighted by Gasteiger charge is -2.33. The van der Waals surface area contributed by atoms with E-state index in [1.165, 1.54) is 0 Å². The summed E-state index contributed by atoms with van der Waals surface area (Å²) < 4.78 is 11.6. The predicted molar refractivity (Wildman–Crippen MR) is 128 cm³/mol. The van der Waals surface area contributed by atoms with Crippen LogP contribution in [0.3, 0.4) is 0 Å². The Morgan fingerprint density at radius 3 is 2.67 bits per heavy atom. The first kappa shape index (κ1) is 22.8. The average molecular weight is 447 g/mol. The maximum absolute atomic E-state index is 13.0. The molecule has 33 heavy (non-hydrogen) atoms. The zero-order valence-electron chi connectivity index (χ0n) is 19.0. The fraction of sp³-hybridized carbons (Fsp3) is 0.333. The number of ether oxygens (including phenoxy) is 2. The van der Waals surface area contributed by atoms with Crippen LogP contribution in [-0.4, -0.2) is 49.6 Å². The Morgan fingerprint density at radius 2 is 1.85 bits per heavy atom. The van der Waals surface area contributed by atoms with Crippen molar-refractivity contribution in [1.29, 1.82) is 0 Å². The number of hydrogen-bond donors (Lipinski definition) is 1. The van der Waals surface area contributed by atoms with E-state index in [0.717, 1.165) is 16.3 Å². The highest BCUT2D eigenvalue weighted by atomic mass is 16.5. The Kier molecular flexibility index (Phi) is 7.58. The lowest BCUT2D eigenvalue weighted by atomic mass is 10.0. The van der Waals surface area contributed by atoms with Gasteiger partial charge in [-0.05, 0) is 35.7 Å². The van der Waals surface area contributed by atoms with Crippen LogP contribution >= 0.6 is 0 Å². The van der Waals surface area contributed by atoms with Gasteiger partial charge in [-0.15, -0.1) is 0 Å². The molecule has 0 spiro atoms. The second-order valence-electron chi connectivity index (χ2n) is 8.06. The molecule has 6 heteroatoms. The molecular weight excluding hydrogens is 416 g/mol. The van der Waals surface area contributed by atoms with E-state index in [1.807, 2.05) is 78.6 Å². The second-order valence-corrected chi connectivity index (χ2v) is 8.06. The molecule has 1 N–H and O–H groups in total. The predicted octanol–water partition coefficient (Wildman–Crippen LogP) is 4.35. The van der Waals surface area contributed by atoms with E-state index < -0.39 is 0 Å². The summed E-state index contributed by atoms with van der Waals surface area (Å²) in [5, 5.41) is 4.81. The van der Waals surface area contributed by atoms with Crippen molar-refractivity contribution >= 4 is 22.6 Å². The molecule has 0 aliphatic carbocycles. The minimum atomic E-state index is -0.182. The smallest absolute Gasteiger partial charge is 0.255 e. The van der Waals surface area contributed by atoms with Gasteiger partial charge in [0.15, 0.2) is 0 Å². The number of fused-ring (bicyclic) bond motifs is 1. The van der Waals surface area contributed by atoms with Gasteiger partial charge in [-0.1, -0.05) is 60.7 Å². The van der Waals surface area contributed by atoms with Crippen molar-refractivity contribution in [3.05, 3.63) is 77.9 Å². The number of carbonyl (C=O) groups is 2. The zero-order chi connectivity index (χ0) is 23.0. The second kappa shape index (κ2) is 11.0. The molecule has 0 bridgehead atoms. The Balaban J connectivity index is 1.31. The van der Waals surface area contributed by atoms with Crippen LogP contribution < -0.4 is 10.1 Å². The van der Waals surface area contributed by atoms with Gasteiger partial charge in [-0.2, -0.15) is 0 Å². The standard InChI is InChI=1S/C27H30N2O4/c1-2-32-23-15-14-20-9-6-7-12-22(20)26(23)27(31)28-16-8-13-25(30)29-17-18-33-24(19-29)21-10-4-3-5-11-21/h3-7,9-12,14-15,24H,2,8,13,16-19H2,1H3,(H,28,31). The highest BCUT2D eigenvalue weighted by Gasteiger charge is 2.25. The molecule has 1 atom stereocenters. The fourth-order valence-corrected chi connectivity index (χ4v) is 4.19. The average Bonchev–Trinajstić information content (AvgIpc) is 2.87. The number of nitrogens with zero attached hydrogens (tertiary/aromatic N) is 1. The van der Waals surface area contributed by atoms with Gasteiger partial charge < -0.3 is 19.7 Å². The number of benzene rings is 3. The number of nitrogens with one attached hydrogen (secondary N) is 1. The number of amides is 2.